The van der Waals surface area contributed by atoms with E-state index in [-0.39, 0.29) is 87.4 Å². The van der Waals surface area contributed by atoms with Crippen molar-refractivity contribution in [2.45, 2.75) is 32.3 Å². The molecule has 0 saturated heterocycles. The fourth-order valence-corrected chi connectivity index (χ4v) is 4.58. The van der Waals surface area contributed by atoms with Crippen LogP contribution in [0.3, 0.4) is 0 Å². The van der Waals surface area contributed by atoms with Gasteiger partial charge in [0.1, 0.15) is 11.5 Å². The third kappa shape index (κ3) is 9.11. The molecule has 1 N–H and O–H groups in total. The normalized spacial score (nSPS) is 12.8. The monoisotopic (exact) mass is 543 g/mol. The van der Waals surface area contributed by atoms with Crippen LogP contribution in [0.4, 0.5) is 8.78 Å². The molecule has 0 aliphatic rings. The van der Waals surface area contributed by atoms with E-state index in [0.717, 1.165) is 12.1 Å². The van der Waals surface area contributed by atoms with Gasteiger partial charge in [0, 0.05) is 29.7 Å². The molecule has 2 aromatic carbocycles. The van der Waals surface area contributed by atoms with Crippen molar-refractivity contribution in [2.75, 3.05) is 6.16 Å². The SMILES string of the molecule is CC(C)c1nc(-c2ccccc2)c(F)c(-c2ccc(F)cc2)c1C#CP(=O)([O-])C[C@H](O)CC(=O)[O-].[Na+].[Na+]. The molecule has 2 atom stereocenters. The number of carbonyl (C=O) groups is 1. The van der Waals surface area contributed by atoms with E-state index in [1.165, 1.54) is 12.1 Å². The smallest absolute Gasteiger partial charge is 0.790 e. The van der Waals surface area contributed by atoms with Gasteiger partial charge in [-0.3, -0.25) is 0 Å². The molecule has 6 nitrogen and oxygen atoms in total. The Morgan fingerprint density at radius 3 is 2.19 bits per heavy atom. The number of aliphatic hydroxyl groups is 1. The molecule has 0 aliphatic carbocycles. The van der Waals surface area contributed by atoms with E-state index in [9.17, 15) is 28.9 Å². The van der Waals surface area contributed by atoms with Gasteiger partial charge >= 0.3 is 59.1 Å². The van der Waals surface area contributed by atoms with Gasteiger partial charge in [-0.05, 0) is 29.3 Å². The first-order chi connectivity index (χ1) is 16.5. The maximum Gasteiger partial charge on any atom is 1.00 e. The van der Waals surface area contributed by atoms with Gasteiger partial charge in [0.25, 0.3) is 0 Å². The van der Waals surface area contributed by atoms with E-state index >= 15 is 4.39 Å². The average Bonchev–Trinajstić information content (AvgIpc) is 2.78. The molecule has 0 spiro atoms. The van der Waals surface area contributed by atoms with Gasteiger partial charge in [-0.15, -0.1) is 0 Å². The summed E-state index contributed by atoms with van der Waals surface area (Å²) in [6.45, 7) is 3.57. The van der Waals surface area contributed by atoms with Gasteiger partial charge in [-0.2, -0.15) is 0 Å². The molecule has 0 radical (unpaired) electrons. The summed E-state index contributed by atoms with van der Waals surface area (Å²) < 4.78 is 42.0. The fourth-order valence-electron chi connectivity index (χ4n) is 3.52. The predicted molar refractivity (Wildman–Crippen MR) is 124 cm³/mol. The molecule has 1 heterocycles. The van der Waals surface area contributed by atoms with Crippen molar-refractivity contribution in [3.63, 3.8) is 0 Å². The second kappa shape index (κ2) is 14.7. The summed E-state index contributed by atoms with van der Waals surface area (Å²) in [6.07, 6.45) is -3.47. The van der Waals surface area contributed by atoms with Crippen LogP contribution in [0.15, 0.2) is 54.6 Å². The first kappa shape index (κ1) is 33.7. The number of carboxylic acids is 1. The van der Waals surface area contributed by atoms with Crippen molar-refractivity contribution in [2.24, 2.45) is 0 Å². The van der Waals surface area contributed by atoms with Crippen LogP contribution in [0.2, 0.25) is 0 Å². The summed E-state index contributed by atoms with van der Waals surface area (Å²) in [5.41, 5.74) is 3.18. The summed E-state index contributed by atoms with van der Waals surface area (Å²) >= 11 is 0. The van der Waals surface area contributed by atoms with Crippen molar-refractivity contribution in [1.82, 2.24) is 4.98 Å². The summed E-state index contributed by atoms with van der Waals surface area (Å²) in [6, 6.07) is 13.6. The van der Waals surface area contributed by atoms with Gasteiger partial charge in [0.15, 0.2) is 5.82 Å². The summed E-state index contributed by atoms with van der Waals surface area (Å²) in [7, 11) is -4.59. The molecule has 37 heavy (non-hydrogen) atoms. The number of pyridine rings is 1. The quantitative estimate of drug-likeness (QED) is 0.197. The number of aliphatic hydroxyl groups excluding tert-OH is 1. The third-order valence-electron chi connectivity index (χ3n) is 5.10. The molecule has 11 heteroatoms. The van der Waals surface area contributed by atoms with Gasteiger partial charge in [0.05, 0.1) is 24.7 Å². The molecule has 0 amide bonds. The number of carboxylic acid groups (broad SMARTS) is 1. The zero-order valence-corrected chi connectivity index (χ0v) is 25.9. The van der Waals surface area contributed by atoms with Crippen molar-refractivity contribution in [1.29, 1.82) is 0 Å². The first-order valence-electron chi connectivity index (χ1n) is 10.7. The van der Waals surface area contributed by atoms with Crippen molar-refractivity contribution >= 4 is 13.3 Å². The van der Waals surface area contributed by atoms with Crippen LogP contribution >= 0.6 is 7.37 Å². The standard InChI is InChI=1S/C26H24F2NO5P.2Na/c1-16(2)25-21(12-13-35(33,34)15-20(30)14-22(31)32)23(17-8-10-19(27)11-9-17)24(28)26(29-25)18-6-4-3-5-7-18;;/h3-11,16,20,30H,14-15H2,1-2H3,(H,31,32)(H,33,34);;/q;2*+1/p-2/t20-;;/m1../s1. The molecule has 3 rings (SSSR count). The zero-order chi connectivity index (χ0) is 25.8. The number of halogens is 2. The van der Waals surface area contributed by atoms with Gasteiger partial charge in [-0.25, -0.2) is 13.8 Å². The molecule has 0 saturated carbocycles. The largest absolute Gasteiger partial charge is 1.00 e. The Morgan fingerprint density at radius 2 is 1.65 bits per heavy atom. The number of aromatic nitrogens is 1. The van der Waals surface area contributed by atoms with Crippen LogP contribution in [0.1, 0.15) is 37.4 Å². The van der Waals surface area contributed by atoms with Gasteiger partial charge in [-0.1, -0.05) is 62.2 Å². The predicted octanol–water partition coefficient (Wildman–Crippen LogP) is -2.73. The average molecular weight is 543 g/mol. The molecular weight excluding hydrogens is 521 g/mol. The van der Waals surface area contributed by atoms with Crippen LogP contribution in [0.25, 0.3) is 22.4 Å². The van der Waals surface area contributed by atoms with Gasteiger partial charge in [0.2, 0.25) is 0 Å². The van der Waals surface area contributed by atoms with Crippen LogP contribution in [0, 0.1) is 23.2 Å². The molecule has 0 bridgehead atoms. The van der Waals surface area contributed by atoms with E-state index in [2.05, 4.69) is 16.6 Å². The minimum atomic E-state index is -4.59. The van der Waals surface area contributed by atoms with Crippen LogP contribution < -0.4 is 69.1 Å². The van der Waals surface area contributed by atoms with E-state index in [0.29, 0.717) is 11.3 Å². The maximum absolute atomic E-state index is 15.9. The third-order valence-corrected chi connectivity index (χ3v) is 6.45. The van der Waals surface area contributed by atoms with Crippen molar-refractivity contribution in [3.05, 3.63) is 77.5 Å². The number of nitrogens with zero attached hydrogens (tertiary/aromatic N) is 1. The van der Waals surface area contributed by atoms with Crippen LogP contribution in [-0.4, -0.2) is 28.3 Å². The summed E-state index contributed by atoms with van der Waals surface area (Å²) in [5.74, 6) is -0.688. The number of hydrogen-bond acceptors (Lipinski definition) is 6. The van der Waals surface area contributed by atoms with E-state index in [1.807, 2.05) is 0 Å². The Balaban J connectivity index is 0.00000342. The fraction of sp³-hybridized carbons (Fsp3) is 0.231. The topological polar surface area (TPSA) is 113 Å². The molecule has 0 fully saturated rings. The van der Waals surface area contributed by atoms with Gasteiger partial charge < -0.3 is 24.5 Å². The van der Waals surface area contributed by atoms with Crippen molar-refractivity contribution in [3.8, 4) is 34.0 Å². The maximum atomic E-state index is 15.9. The van der Waals surface area contributed by atoms with Crippen molar-refractivity contribution < 1.29 is 92.4 Å². The second-order valence-corrected chi connectivity index (χ2v) is 10.2. The molecule has 0 aliphatic heterocycles. The first-order valence-corrected chi connectivity index (χ1v) is 12.6. The molecule has 1 unspecified atom stereocenters. The molecule has 3 aromatic rings. The Bertz CT molecular complexity index is 1340. The number of benzene rings is 2. The number of aliphatic carboxylic acids is 1. The van der Waals surface area contributed by atoms with Crippen LogP contribution in [-0.2, 0) is 9.36 Å². The Labute approximate surface area is 258 Å². The number of hydrogen-bond donors (Lipinski definition) is 1. The minimum absolute atomic E-state index is 0. The minimum Gasteiger partial charge on any atom is -0.790 e. The molecule has 182 valence electrons. The summed E-state index contributed by atoms with van der Waals surface area (Å²) in [4.78, 5) is 27.6. The van der Waals surface area contributed by atoms with E-state index in [1.54, 1.807) is 44.2 Å². The number of carbonyl (C=O) groups excluding carboxylic acids is 1. The van der Waals surface area contributed by atoms with E-state index in [4.69, 9.17) is 0 Å². The Hall–Kier alpha value is -1.37. The summed E-state index contributed by atoms with van der Waals surface area (Å²) in [5, 5.41) is 20.3. The molecular formula is C26H22F2NNa2O5P. The Morgan fingerprint density at radius 1 is 1.05 bits per heavy atom. The molecule has 1 aromatic heterocycles. The van der Waals surface area contributed by atoms with Crippen LogP contribution in [0.5, 0.6) is 0 Å². The second-order valence-electron chi connectivity index (χ2n) is 8.26. The van der Waals surface area contributed by atoms with E-state index < -0.39 is 43.7 Å². The zero-order valence-electron chi connectivity index (χ0n) is 21.0. The number of rotatable bonds is 7. The Kier molecular flexibility index (Phi) is 13.4.